The second kappa shape index (κ2) is 5.83. The van der Waals surface area contributed by atoms with E-state index in [-0.39, 0.29) is 12.2 Å². The van der Waals surface area contributed by atoms with Crippen LogP contribution >= 0.6 is 11.6 Å². The number of carboxylic acid groups (broad SMARTS) is 1. The molecule has 2 rings (SSSR count). The highest BCUT2D eigenvalue weighted by Crippen LogP contribution is 2.28. The average molecular weight is 297 g/mol. The lowest BCUT2D eigenvalue weighted by Crippen LogP contribution is -2.05. The number of halogens is 1. The summed E-state index contributed by atoms with van der Waals surface area (Å²) in [5.41, 5.74) is 0.134. The summed E-state index contributed by atoms with van der Waals surface area (Å²) in [6.45, 7) is 0.200. The minimum absolute atomic E-state index is 0.134. The number of benzene rings is 1. The molecule has 0 spiro atoms. The third-order valence-electron chi connectivity index (χ3n) is 2.80. The van der Waals surface area contributed by atoms with Crippen LogP contribution in [0.15, 0.2) is 24.4 Å². The van der Waals surface area contributed by atoms with Gasteiger partial charge in [-0.3, -0.25) is 0 Å². The van der Waals surface area contributed by atoms with E-state index < -0.39 is 5.97 Å². The van der Waals surface area contributed by atoms with Crippen LogP contribution in [0.5, 0.6) is 11.5 Å². The molecule has 0 saturated heterocycles. The zero-order chi connectivity index (χ0) is 14.7. The van der Waals surface area contributed by atoms with Crippen molar-refractivity contribution in [1.29, 1.82) is 0 Å². The molecule has 0 aliphatic rings. The highest BCUT2D eigenvalue weighted by atomic mass is 35.5. The summed E-state index contributed by atoms with van der Waals surface area (Å²) >= 11 is 5.88. The van der Waals surface area contributed by atoms with Crippen LogP contribution in [-0.2, 0) is 13.7 Å². The molecule has 0 aliphatic heterocycles. The number of imidazole rings is 1. The summed E-state index contributed by atoms with van der Waals surface area (Å²) in [6, 6.07) is 4.40. The van der Waals surface area contributed by atoms with Gasteiger partial charge in [-0.05, 0) is 18.2 Å². The van der Waals surface area contributed by atoms with Crippen LogP contribution in [0.2, 0.25) is 5.15 Å². The van der Waals surface area contributed by atoms with E-state index in [0.29, 0.717) is 22.5 Å². The van der Waals surface area contributed by atoms with Crippen LogP contribution < -0.4 is 9.47 Å². The highest BCUT2D eigenvalue weighted by molar-refractivity contribution is 6.29. The van der Waals surface area contributed by atoms with Gasteiger partial charge in [0, 0.05) is 7.05 Å². The van der Waals surface area contributed by atoms with Gasteiger partial charge in [-0.15, -0.1) is 0 Å². The van der Waals surface area contributed by atoms with Crippen LogP contribution in [-0.4, -0.2) is 27.7 Å². The van der Waals surface area contributed by atoms with Gasteiger partial charge in [-0.2, -0.15) is 0 Å². The Labute approximate surface area is 120 Å². The van der Waals surface area contributed by atoms with Gasteiger partial charge in [0.05, 0.1) is 18.9 Å². The monoisotopic (exact) mass is 296 g/mol. The zero-order valence-corrected chi connectivity index (χ0v) is 11.7. The SMILES string of the molecule is COc1cc(C(=O)O)ccc1OCc1ncc(Cl)n1C. The molecular weight excluding hydrogens is 284 g/mol. The zero-order valence-electron chi connectivity index (χ0n) is 11.0. The van der Waals surface area contributed by atoms with E-state index in [0.717, 1.165) is 0 Å². The molecule has 1 heterocycles. The lowest BCUT2D eigenvalue weighted by Gasteiger charge is -2.11. The smallest absolute Gasteiger partial charge is 0.335 e. The lowest BCUT2D eigenvalue weighted by molar-refractivity contribution is 0.0696. The maximum Gasteiger partial charge on any atom is 0.335 e. The summed E-state index contributed by atoms with van der Waals surface area (Å²) in [5.74, 6) is 0.423. The Morgan fingerprint density at radius 2 is 2.20 bits per heavy atom. The van der Waals surface area contributed by atoms with E-state index in [9.17, 15) is 4.79 Å². The van der Waals surface area contributed by atoms with Gasteiger partial charge in [0.25, 0.3) is 0 Å². The van der Waals surface area contributed by atoms with Gasteiger partial charge in [-0.25, -0.2) is 9.78 Å². The predicted molar refractivity (Wildman–Crippen MR) is 72.5 cm³/mol. The quantitative estimate of drug-likeness (QED) is 0.917. The van der Waals surface area contributed by atoms with Crippen LogP contribution in [0.1, 0.15) is 16.2 Å². The molecule has 6 nitrogen and oxygen atoms in total. The third kappa shape index (κ3) is 2.85. The van der Waals surface area contributed by atoms with Crippen LogP contribution in [0.4, 0.5) is 0 Å². The summed E-state index contributed by atoms with van der Waals surface area (Å²) in [6.07, 6.45) is 1.53. The highest BCUT2D eigenvalue weighted by Gasteiger charge is 2.11. The summed E-state index contributed by atoms with van der Waals surface area (Å²) in [7, 11) is 3.23. The minimum Gasteiger partial charge on any atom is -0.493 e. The normalized spacial score (nSPS) is 10.3. The first-order valence-corrected chi connectivity index (χ1v) is 6.11. The molecular formula is C13H13ClN2O4. The van der Waals surface area contributed by atoms with Crippen molar-refractivity contribution in [3.05, 3.63) is 40.9 Å². The topological polar surface area (TPSA) is 73.6 Å². The first kappa shape index (κ1) is 14.2. The average Bonchev–Trinajstić information content (AvgIpc) is 2.76. The molecule has 2 aromatic rings. The fourth-order valence-electron chi connectivity index (χ4n) is 1.62. The van der Waals surface area contributed by atoms with Crippen molar-refractivity contribution in [3.8, 4) is 11.5 Å². The molecule has 106 valence electrons. The molecule has 1 aromatic heterocycles. The predicted octanol–water partition coefficient (Wildman–Crippen LogP) is 2.36. The second-order valence-corrected chi connectivity index (χ2v) is 4.40. The number of hydrogen-bond donors (Lipinski definition) is 1. The fraction of sp³-hybridized carbons (Fsp3) is 0.231. The second-order valence-electron chi connectivity index (χ2n) is 4.02. The summed E-state index contributed by atoms with van der Waals surface area (Å²) < 4.78 is 12.4. The Kier molecular flexibility index (Phi) is 4.14. The number of ether oxygens (including phenoxy) is 2. The van der Waals surface area contributed by atoms with Gasteiger partial charge in [0.2, 0.25) is 0 Å². The summed E-state index contributed by atoms with van der Waals surface area (Å²) in [4.78, 5) is 15.0. The minimum atomic E-state index is -1.02. The molecule has 7 heteroatoms. The van der Waals surface area contributed by atoms with Crippen LogP contribution in [0, 0.1) is 0 Å². The molecule has 1 aromatic carbocycles. The van der Waals surface area contributed by atoms with Crippen molar-refractivity contribution in [3.63, 3.8) is 0 Å². The number of methoxy groups -OCH3 is 1. The fourth-order valence-corrected chi connectivity index (χ4v) is 1.77. The standard InChI is InChI=1S/C13H13ClN2O4/c1-16-11(14)6-15-12(16)7-20-9-4-3-8(13(17)18)5-10(9)19-2/h3-6H,7H2,1-2H3,(H,17,18). The van der Waals surface area contributed by atoms with Crippen molar-refractivity contribution < 1.29 is 19.4 Å². The number of nitrogens with zero attached hydrogens (tertiary/aromatic N) is 2. The van der Waals surface area contributed by atoms with E-state index >= 15 is 0 Å². The van der Waals surface area contributed by atoms with Gasteiger partial charge in [0.15, 0.2) is 11.5 Å². The van der Waals surface area contributed by atoms with Crippen molar-refractivity contribution >= 4 is 17.6 Å². The molecule has 0 unspecified atom stereocenters. The maximum atomic E-state index is 10.9. The van der Waals surface area contributed by atoms with Crippen molar-refractivity contribution in [1.82, 2.24) is 9.55 Å². The maximum absolute atomic E-state index is 10.9. The van der Waals surface area contributed by atoms with Crippen LogP contribution in [0.25, 0.3) is 0 Å². The van der Waals surface area contributed by atoms with Gasteiger partial charge < -0.3 is 19.1 Å². The van der Waals surface area contributed by atoms with E-state index in [2.05, 4.69) is 4.98 Å². The van der Waals surface area contributed by atoms with Crippen LogP contribution in [0.3, 0.4) is 0 Å². The Morgan fingerprint density at radius 1 is 1.45 bits per heavy atom. The van der Waals surface area contributed by atoms with Gasteiger partial charge >= 0.3 is 5.97 Å². The first-order valence-electron chi connectivity index (χ1n) is 5.73. The largest absolute Gasteiger partial charge is 0.493 e. The number of hydrogen-bond acceptors (Lipinski definition) is 4. The van der Waals surface area contributed by atoms with E-state index in [1.807, 2.05) is 0 Å². The Morgan fingerprint density at radius 3 is 2.75 bits per heavy atom. The van der Waals surface area contributed by atoms with Crippen molar-refractivity contribution in [2.75, 3.05) is 7.11 Å². The molecule has 0 atom stereocenters. The van der Waals surface area contributed by atoms with Crippen molar-refractivity contribution in [2.24, 2.45) is 7.05 Å². The molecule has 20 heavy (non-hydrogen) atoms. The number of aromatic nitrogens is 2. The molecule has 0 radical (unpaired) electrons. The first-order chi connectivity index (χ1) is 9.52. The molecule has 0 bridgehead atoms. The van der Waals surface area contributed by atoms with E-state index in [4.69, 9.17) is 26.2 Å². The number of carbonyl (C=O) groups is 1. The lowest BCUT2D eigenvalue weighted by atomic mass is 10.2. The Balaban J connectivity index is 2.17. The number of aromatic carboxylic acids is 1. The van der Waals surface area contributed by atoms with Gasteiger partial charge in [0.1, 0.15) is 17.6 Å². The molecule has 0 aliphatic carbocycles. The third-order valence-corrected chi connectivity index (χ3v) is 3.15. The van der Waals surface area contributed by atoms with Crippen molar-refractivity contribution in [2.45, 2.75) is 6.61 Å². The molecule has 0 amide bonds. The Bertz CT molecular complexity index is 639. The molecule has 1 N–H and O–H groups in total. The molecule has 0 fully saturated rings. The summed E-state index contributed by atoms with van der Waals surface area (Å²) in [5, 5.41) is 9.43. The number of rotatable bonds is 5. The van der Waals surface area contributed by atoms with Gasteiger partial charge in [-0.1, -0.05) is 11.6 Å². The van der Waals surface area contributed by atoms with E-state index in [1.165, 1.54) is 25.4 Å². The van der Waals surface area contributed by atoms with E-state index in [1.54, 1.807) is 17.7 Å². The molecule has 0 saturated carbocycles. The number of carboxylic acids is 1. The Hall–Kier alpha value is -2.21.